The van der Waals surface area contributed by atoms with Crippen molar-refractivity contribution in [2.24, 2.45) is 0 Å². The molecule has 0 amide bonds. The van der Waals surface area contributed by atoms with Crippen LogP contribution in [0.4, 0.5) is 0 Å². The van der Waals surface area contributed by atoms with Gasteiger partial charge in [-0.1, -0.05) is 0 Å². The van der Waals surface area contributed by atoms with Gasteiger partial charge in [0, 0.05) is 0 Å². The molecule has 0 radical (unpaired) electrons. The summed E-state index contributed by atoms with van der Waals surface area (Å²) in [6.45, 7) is 19.8. The van der Waals surface area contributed by atoms with Crippen molar-refractivity contribution < 1.29 is 4.43 Å². The van der Waals surface area contributed by atoms with E-state index in [-0.39, 0.29) is 0 Å². The Morgan fingerprint density at radius 1 is 0.724 bits per heavy atom. The SMILES string of the molecule is CCC[CH2][Sn](/[CH]=C/CCCCCCO[Si](C)(C)C(C)(C)C)([CH2]CCC)[CH2]CCC. The second-order valence-corrected chi connectivity index (χ2v) is 28.7. The van der Waals surface area contributed by atoms with Crippen molar-refractivity contribution in [3.8, 4) is 0 Å². The topological polar surface area (TPSA) is 9.23 Å². The number of hydrogen-bond donors (Lipinski definition) is 0. The quantitative estimate of drug-likeness (QED) is 0.126. The van der Waals surface area contributed by atoms with Crippen molar-refractivity contribution in [2.75, 3.05) is 6.61 Å². The number of unbranched alkanes of at least 4 members (excludes halogenated alkanes) is 7. The van der Waals surface area contributed by atoms with Gasteiger partial charge in [-0.25, -0.2) is 0 Å². The van der Waals surface area contributed by atoms with Crippen LogP contribution in [0.15, 0.2) is 10.2 Å². The Kier molecular flexibility index (Phi) is 16.8. The Bertz CT molecular complexity index is 390. The molecule has 0 heterocycles. The van der Waals surface area contributed by atoms with E-state index in [2.05, 4.69) is 64.8 Å². The van der Waals surface area contributed by atoms with Crippen LogP contribution >= 0.6 is 0 Å². The van der Waals surface area contributed by atoms with Crippen molar-refractivity contribution in [1.82, 2.24) is 0 Å². The Labute approximate surface area is 190 Å². The van der Waals surface area contributed by atoms with Gasteiger partial charge in [-0.3, -0.25) is 0 Å². The average Bonchev–Trinajstić information content (AvgIpc) is 2.66. The van der Waals surface area contributed by atoms with Gasteiger partial charge in [0.2, 0.25) is 0 Å². The van der Waals surface area contributed by atoms with Gasteiger partial charge < -0.3 is 0 Å². The summed E-state index contributed by atoms with van der Waals surface area (Å²) in [6.07, 6.45) is 17.8. The van der Waals surface area contributed by atoms with E-state index in [0.717, 1.165) is 6.61 Å². The zero-order valence-corrected chi connectivity index (χ0v) is 25.5. The van der Waals surface area contributed by atoms with E-state index >= 15 is 0 Å². The van der Waals surface area contributed by atoms with Gasteiger partial charge in [-0.15, -0.1) is 0 Å². The molecule has 0 aromatic heterocycles. The fourth-order valence-electron chi connectivity index (χ4n) is 3.81. The summed E-state index contributed by atoms with van der Waals surface area (Å²) in [6, 6.07) is 0. The van der Waals surface area contributed by atoms with Crippen molar-refractivity contribution in [3.63, 3.8) is 0 Å². The summed E-state index contributed by atoms with van der Waals surface area (Å²) >= 11 is -2.02. The summed E-state index contributed by atoms with van der Waals surface area (Å²) in [4.78, 5) is 0. The van der Waals surface area contributed by atoms with Gasteiger partial charge in [0.05, 0.1) is 0 Å². The van der Waals surface area contributed by atoms with E-state index in [1.165, 1.54) is 70.6 Å². The third-order valence-electron chi connectivity index (χ3n) is 7.09. The Balaban J connectivity index is 4.29. The van der Waals surface area contributed by atoms with Crippen LogP contribution in [0.5, 0.6) is 0 Å². The third-order valence-corrected chi connectivity index (χ3v) is 25.9. The van der Waals surface area contributed by atoms with Gasteiger partial charge in [-0.2, -0.15) is 0 Å². The fourth-order valence-corrected chi connectivity index (χ4v) is 19.4. The first-order chi connectivity index (χ1) is 13.6. The number of hydrogen-bond acceptors (Lipinski definition) is 1. The van der Waals surface area contributed by atoms with E-state index in [1.54, 1.807) is 13.3 Å². The van der Waals surface area contributed by atoms with Crippen molar-refractivity contribution in [1.29, 1.82) is 0 Å². The molecule has 0 spiro atoms. The molecule has 0 saturated carbocycles. The fraction of sp³-hybridized carbons (Fsp3) is 0.923. The molecule has 0 atom stereocenters. The number of allylic oxidation sites excluding steroid dienone is 1. The molecule has 0 bridgehead atoms. The molecular weight excluding hydrogens is 475 g/mol. The first-order valence-electron chi connectivity index (χ1n) is 13.0. The van der Waals surface area contributed by atoms with Crippen molar-refractivity contribution in [2.45, 2.75) is 144 Å². The maximum absolute atomic E-state index is 6.31. The van der Waals surface area contributed by atoms with Gasteiger partial charge >= 0.3 is 192 Å². The van der Waals surface area contributed by atoms with E-state index in [9.17, 15) is 0 Å². The zero-order valence-electron chi connectivity index (χ0n) is 21.7. The second kappa shape index (κ2) is 16.4. The summed E-state index contributed by atoms with van der Waals surface area (Å²) in [5.74, 6) is 0. The molecule has 0 N–H and O–H groups in total. The Morgan fingerprint density at radius 2 is 1.21 bits per heavy atom. The van der Waals surface area contributed by atoms with E-state index in [4.69, 9.17) is 4.43 Å². The van der Waals surface area contributed by atoms with Crippen LogP contribution < -0.4 is 0 Å². The molecule has 0 aliphatic carbocycles. The molecule has 0 aliphatic heterocycles. The van der Waals surface area contributed by atoms with Crippen LogP contribution in [0.1, 0.15) is 112 Å². The van der Waals surface area contributed by atoms with Crippen molar-refractivity contribution in [3.05, 3.63) is 10.2 Å². The van der Waals surface area contributed by atoms with Gasteiger partial charge in [0.25, 0.3) is 0 Å². The summed E-state index contributed by atoms with van der Waals surface area (Å²) in [5.41, 5.74) is 0. The predicted octanol–water partition coefficient (Wildman–Crippen LogP) is 9.90. The molecule has 1 nitrogen and oxygen atoms in total. The van der Waals surface area contributed by atoms with E-state index < -0.39 is 26.7 Å². The minimum absolute atomic E-state index is 0.337. The molecule has 0 fully saturated rings. The van der Waals surface area contributed by atoms with Gasteiger partial charge in [0.1, 0.15) is 0 Å². The van der Waals surface area contributed by atoms with Crippen molar-refractivity contribution >= 4 is 26.7 Å². The molecule has 0 saturated heterocycles. The second-order valence-electron chi connectivity index (χ2n) is 10.9. The molecule has 0 rings (SSSR count). The average molecular weight is 532 g/mol. The zero-order chi connectivity index (χ0) is 22.2. The van der Waals surface area contributed by atoms with E-state index in [0.29, 0.717) is 5.04 Å². The van der Waals surface area contributed by atoms with E-state index in [1.807, 2.05) is 0 Å². The minimum atomic E-state index is -2.02. The summed E-state index contributed by atoms with van der Waals surface area (Å²) < 4.78 is 14.0. The molecular formula is C26H56OSiSn. The van der Waals surface area contributed by atoms with Crippen LogP contribution in [-0.2, 0) is 4.43 Å². The normalized spacial score (nSPS) is 13.5. The molecule has 0 unspecified atom stereocenters. The standard InChI is InChI=1S/C14H29OSi.3C4H9.Sn/c1-7-8-9-10-11-12-13-15-16(5,6)14(2,3)4;3*1-3-4-2;/h1,7H,8-13H2,2-6H3;3*1,3-4H2,2H3;. The summed E-state index contributed by atoms with van der Waals surface area (Å²) in [7, 11) is -1.54. The van der Waals surface area contributed by atoms with Crippen LogP contribution in [0.25, 0.3) is 0 Å². The monoisotopic (exact) mass is 532 g/mol. The van der Waals surface area contributed by atoms with Gasteiger partial charge in [0.15, 0.2) is 0 Å². The van der Waals surface area contributed by atoms with Crippen LogP contribution in [0, 0.1) is 0 Å². The first-order valence-corrected chi connectivity index (χ1v) is 23.6. The molecule has 0 aromatic rings. The first kappa shape index (κ1) is 29.7. The number of rotatable bonds is 18. The van der Waals surface area contributed by atoms with Crippen LogP contribution in [0.2, 0.25) is 31.4 Å². The molecule has 0 aromatic carbocycles. The molecule has 174 valence electrons. The van der Waals surface area contributed by atoms with Crippen LogP contribution in [-0.4, -0.2) is 33.3 Å². The molecule has 0 aliphatic rings. The predicted molar refractivity (Wildman–Crippen MR) is 140 cm³/mol. The maximum atomic E-state index is 6.31. The molecule has 29 heavy (non-hydrogen) atoms. The van der Waals surface area contributed by atoms with Crippen LogP contribution in [0.3, 0.4) is 0 Å². The Hall–Kier alpha value is 0.716. The van der Waals surface area contributed by atoms with Gasteiger partial charge in [-0.05, 0) is 0 Å². The summed E-state index contributed by atoms with van der Waals surface area (Å²) in [5, 5.41) is 0.337. The Morgan fingerprint density at radius 3 is 1.66 bits per heavy atom. The third kappa shape index (κ3) is 13.7. The molecule has 3 heteroatoms.